The number of methoxy groups -OCH3 is 1. The van der Waals surface area contributed by atoms with Crippen LogP contribution < -0.4 is 9.30 Å². The van der Waals surface area contributed by atoms with E-state index in [0.717, 1.165) is 36.8 Å². The zero-order chi connectivity index (χ0) is 15.7. The summed E-state index contributed by atoms with van der Waals surface area (Å²) >= 11 is 13.1. The molecule has 2 aromatic carbocycles. The minimum atomic E-state index is 0.733. The monoisotopic (exact) mass is 347 g/mol. The van der Waals surface area contributed by atoms with Gasteiger partial charge in [-0.25, -0.2) is 4.57 Å². The minimum Gasteiger partial charge on any atom is -0.497 e. The Balaban J connectivity index is 2.07. The molecule has 22 heavy (non-hydrogen) atoms. The normalized spacial score (nSPS) is 10.7. The molecule has 112 valence electrons. The van der Waals surface area contributed by atoms with Gasteiger partial charge in [0.1, 0.15) is 12.8 Å². The van der Waals surface area contributed by atoms with Crippen molar-refractivity contribution in [2.24, 2.45) is 7.05 Å². The lowest BCUT2D eigenvalue weighted by atomic mass is 10.1. The Kier molecular flexibility index (Phi) is 4.34. The zero-order valence-corrected chi connectivity index (χ0v) is 14.6. The molecule has 1 heterocycles. The third-order valence-electron chi connectivity index (χ3n) is 3.48. The quantitative estimate of drug-likeness (QED) is 0.512. The largest absolute Gasteiger partial charge is 0.497 e. The number of benzene rings is 2. The van der Waals surface area contributed by atoms with Crippen molar-refractivity contribution in [3.63, 3.8) is 0 Å². The average Bonchev–Trinajstić information content (AvgIpc) is 2.83. The van der Waals surface area contributed by atoms with Gasteiger partial charge in [-0.3, -0.25) is 11.3 Å². The molecule has 3 aromatic rings. The molecule has 0 saturated heterocycles. The maximum absolute atomic E-state index is 5.96. The standard InChI is InChI=1S/C17H14ClNOS2/c1-19-15(11-5-9-14(20-2)10-6-11)17(21)22-16(19)12-3-7-13(18)8-4-12/h3-10H,1-2H3. The molecule has 0 bridgehead atoms. The highest BCUT2D eigenvalue weighted by Crippen LogP contribution is 2.32. The van der Waals surface area contributed by atoms with E-state index in [-0.39, 0.29) is 0 Å². The van der Waals surface area contributed by atoms with Crippen LogP contribution in [0.4, 0.5) is 0 Å². The highest BCUT2D eigenvalue weighted by molar-refractivity contribution is 7.63. The van der Waals surface area contributed by atoms with Crippen molar-refractivity contribution < 1.29 is 9.30 Å². The maximum atomic E-state index is 5.96. The third-order valence-corrected chi connectivity index (χ3v) is 5.25. The Bertz CT molecular complexity index is 795. The first-order chi connectivity index (χ1) is 10.6. The number of ether oxygens (including phenoxy) is 1. The van der Waals surface area contributed by atoms with Gasteiger partial charge >= 0.3 is 0 Å². The number of hydrogen-bond donors (Lipinski definition) is 0. The second-order valence-corrected chi connectivity index (χ2v) is 6.94. The second-order valence-electron chi connectivity index (χ2n) is 4.84. The van der Waals surface area contributed by atoms with Gasteiger partial charge in [-0.1, -0.05) is 11.6 Å². The van der Waals surface area contributed by atoms with Gasteiger partial charge in [-0.2, -0.15) is 0 Å². The molecule has 0 radical (unpaired) electrons. The lowest BCUT2D eigenvalue weighted by Gasteiger charge is -2.03. The predicted octanol–water partition coefficient (Wildman–Crippen LogP) is 4.47. The van der Waals surface area contributed by atoms with E-state index in [1.807, 2.05) is 55.6 Å². The SMILES string of the molecule is COc1ccc(-c2c([S-])sc(-c3ccc(Cl)cc3)[n+]2C)cc1. The van der Waals surface area contributed by atoms with Crippen molar-refractivity contribution in [3.05, 3.63) is 53.6 Å². The predicted molar refractivity (Wildman–Crippen MR) is 93.6 cm³/mol. The smallest absolute Gasteiger partial charge is 0.200 e. The highest BCUT2D eigenvalue weighted by Gasteiger charge is 2.18. The Labute approximate surface area is 144 Å². The summed E-state index contributed by atoms with van der Waals surface area (Å²) in [6, 6.07) is 15.8. The molecule has 0 spiro atoms. The molecule has 0 aliphatic rings. The van der Waals surface area contributed by atoms with Crippen LogP contribution in [0.3, 0.4) is 0 Å². The van der Waals surface area contributed by atoms with Crippen LogP contribution in [-0.4, -0.2) is 7.11 Å². The summed E-state index contributed by atoms with van der Waals surface area (Å²) < 4.78 is 8.22. The topological polar surface area (TPSA) is 13.1 Å². The van der Waals surface area contributed by atoms with Gasteiger partial charge in [-0.05, 0) is 52.7 Å². The Morgan fingerprint density at radius 2 is 1.59 bits per heavy atom. The van der Waals surface area contributed by atoms with E-state index in [1.54, 1.807) is 18.4 Å². The first-order valence-electron chi connectivity index (χ1n) is 6.70. The molecule has 1 aromatic heterocycles. The van der Waals surface area contributed by atoms with Gasteiger partial charge in [0.15, 0.2) is 5.01 Å². The molecular weight excluding hydrogens is 334 g/mol. The summed E-state index contributed by atoms with van der Waals surface area (Å²) in [5.41, 5.74) is 3.25. The van der Waals surface area contributed by atoms with Gasteiger partial charge in [0.2, 0.25) is 5.69 Å². The summed E-state index contributed by atoms with van der Waals surface area (Å²) in [5, 5.41) is 1.85. The summed E-state index contributed by atoms with van der Waals surface area (Å²) in [6.07, 6.45) is 0. The van der Waals surface area contributed by atoms with Gasteiger partial charge < -0.3 is 17.4 Å². The lowest BCUT2D eigenvalue weighted by Crippen LogP contribution is -2.30. The van der Waals surface area contributed by atoms with Crippen LogP contribution >= 0.6 is 22.9 Å². The fourth-order valence-corrected chi connectivity index (χ4v) is 3.98. The van der Waals surface area contributed by atoms with Gasteiger partial charge in [0.25, 0.3) is 0 Å². The first kappa shape index (κ1) is 15.3. The maximum Gasteiger partial charge on any atom is 0.200 e. The van der Waals surface area contributed by atoms with Crippen LogP contribution in [0.1, 0.15) is 0 Å². The van der Waals surface area contributed by atoms with Crippen LogP contribution in [-0.2, 0) is 19.7 Å². The number of hydrogen-bond acceptors (Lipinski definition) is 3. The molecular formula is C17H14ClNOS2. The van der Waals surface area contributed by atoms with Crippen LogP contribution in [0.2, 0.25) is 5.02 Å². The number of rotatable bonds is 3. The molecule has 0 aliphatic heterocycles. The number of thiazole rings is 1. The Hall–Kier alpha value is -1.62. The third kappa shape index (κ3) is 2.82. The molecule has 0 atom stereocenters. The molecule has 0 aliphatic carbocycles. The number of aromatic nitrogens is 1. The van der Waals surface area contributed by atoms with Crippen molar-refractivity contribution in [2.45, 2.75) is 4.21 Å². The van der Waals surface area contributed by atoms with E-state index in [9.17, 15) is 0 Å². The lowest BCUT2D eigenvalue weighted by molar-refractivity contribution is -0.646. The molecule has 0 N–H and O–H groups in total. The van der Waals surface area contributed by atoms with E-state index in [2.05, 4.69) is 4.57 Å². The van der Waals surface area contributed by atoms with E-state index >= 15 is 0 Å². The van der Waals surface area contributed by atoms with E-state index in [1.165, 1.54) is 0 Å². The van der Waals surface area contributed by atoms with Crippen molar-refractivity contribution in [3.8, 4) is 27.6 Å². The molecule has 3 rings (SSSR count). The molecule has 2 nitrogen and oxygen atoms in total. The summed E-state index contributed by atoms with van der Waals surface area (Å²) in [4.78, 5) is 0. The Morgan fingerprint density at radius 3 is 2.18 bits per heavy atom. The molecule has 0 unspecified atom stereocenters. The van der Waals surface area contributed by atoms with Gasteiger partial charge in [0, 0.05) is 16.1 Å². The molecule has 5 heteroatoms. The molecule has 0 fully saturated rings. The van der Waals surface area contributed by atoms with Gasteiger partial charge in [0.05, 0.1) is 7.11 Å². The van der Waals surface area contributed by atoms with Crippen molar-refractivity contribution >= 4 is 35.6 Å². The van der Waals surface area contributed by atoms with Crippen LogP contribution in [0, 0.1) is 0 Å². The first-order valence-corrected chi connectivity index (χ1v) is 8.30. The number of halogens is 1. The summed E-state index contributed by atoms with van der Waals surface area (Å²) in [7, 11) is 3.70. The fourth-order valence-electron chi connectivity index (χ4n) is 2.35. The van der Waals surface area contributed by atoms with Crippen LogP contribution in [0.5, 0.6) is 5.75 Å². The highest BCUT2D eigenvalue weighted by atomic mass is 35.5. The minimum absolute atomic E-state index is 0.733. The van der Waals surface area contributed by atoms with E-state index in [4.69, 9.17) is 29.0 Å². The zero-order valence-electron chi connectivity index (χ0n) is 12.2. The number of nitrogens with zero attached hydrogens (tertiary/aromatic N) is 1. The summed E-state index contributed by atoms with van der Waals surface area (Å²) in [5.74, 6) is 0.838. The van der Waals surface area contributed by atoms with Crippen LogP contribution in [0.15, 0.2) is 52.7 Å². The molecule has 0 saturated carbocycles. The van der Waals surface area contributed by atoms with Gasteiger partial charge in [-0.15, -0.1) is 0 Å². The van der Waals surface area contributed by atoms with E-state index in [0.29, 0.717) is 0 Å². The Morgan fingerprint density at radius 1 is 1.00 bits per heavy atom. The van der Waals surface area contributed by atoms with Crippen molar-refractivity contribution in [2.75, 3.05) is 7.11 Å². The summed E-state index contributed by atoms with van der Waals surface area (Å²) in [6.45, 7) is 0. The van der Waals surface area contributed by atoms with E-state index < -0.39 is 0 Å². The van der Waals surface area contributed by atoms with Crippen molar-refractivity contribution in [1.82, 2.24) is 0 Å². The van der Waals surface area contributed by atoms with Crippen molar-refractivity contribution in [1.29, 1.82) is 0 Å². The average molecular weight is 348 g/mol. The fraction of sp³-hybridized carbons (Fsp3) is 0.118. The molecule has 0 amide bonds. The second kappa shape index (κ2) is 6.24. The van der Waals surface area contributed by atoms with Crippen LogP contribution in [0.25, 0.3) is 21.8 Å².